The van der Waals surface area contributed by atoms with Gasteiger partial charge in [-0.1, -0.05) is 13.8 Å². The summed E-state index contributed by atoms with van der Waals surface area (Å²) in [5, 5.41) is 9.36. The van der Waals surface area contributed by atoms with Gasteiger partial charge < -0.3 is 9.52 Å². The second kappa shape index (κ2) is 5.16. The number of hydrogen-bond donors (Lipinski definition) is 1. The third-order valence-corrected chi connectivity index (χ3v) is 3.30. The minimum Gasteiger partial charge on any atom is -0.480 e. The van der Waals surface area contributed by atoms with Crippen LogP contribution in [0.15, 0.2) is 23.0 Å². The van der Waals surface area contributed by atoms with Gasteiger partial charge in [0.05, 0.1) is 12.5 Å². The van der Waals surface area contributed by atoms with E-state index in [1.165, 1.54) is 0 Å². The SMILES string of the molecule is CCC(CC)(C(=O)O)N(C)Cc1ccoc1. The fourth-order valence-electron chi connectivity index (χ4n) is 2.06. The Hall–Kier alpha value is -1.29. The van der Waals surface area contributed by atoms with Crippen LogP contribution < -0.4 is 0 Å². The molecular weight excluding hydrogens is 206 g/mol. The zero-order chi connectivity index (χ0) is 12.2. The summed E-state index contributed by atoms with van der Waals surface area (Å²) in [6.45, 7) is 4.40. The molecule has 0 amide bonds. The number of aliphatic carboxylic acids is 1. The molecule has 1 rings (SSSR count). The standard InChI is InChI=1S/C12H19NO3/c1-4-12(5-2,11(14)15)13(3)8-10-6-7-16-9-10/h6-7,9H,4-5,8H2,1-3H3,(H,14,15). The molecule has 1 heterocycles. The smallest absolute Gasteiger partial charge is 0.324 e. The molecule has 1 N–H and O–H groups in total. The van der Waals surface area contributed by atoms with Crippen molar-refractivity contribution < 1.29 is 14.3 Å². The molecule has 0 saturated carbocycles. The average molecular weight is 225 g/mol. The van der Waals surface area contributed by atoms with Crippen LogP contribution in [0.25, 0.3) is 0 Å². The Kier molecular flexibility index (Phi) is 4.12. The molecule has 0 aliphatic rings. The maximum atomic E-state index is 11.4. The van der Waals surface area contributed by atoms with Crippen molar-refractivity contribution in [2.75, 3.05) is 7.05 Å². The fraction of sp³-hybridized carbons (Fsp3) is 0.583. The highest BCUT2D eigenvalue weighted by Crippen LogP contribution is 2.24. The van der Waals surface area contributed by atoms with E-state index in [2.05, 4.69) is 0 Å². The van der Waals surface area contributed by atoms with E-state index in [9.17, 15) is 9.90 Å². The van der Waals surface area contributed by atoms with Crippen LogP contribution in [0.4, 0.5) is 0 Å². The van der Waals surface area contributed by atoms with Gasteiger partial charge in [0.15, 0.2) is 0 Å². The Labute approximate surface area is 95.9 Å². The van der Waals surface area contributed by atoms with E-state index in [0.717, 1.165) is 5.56 Å². The van der Waals surface area contributed by atoms with Gasteiger partial charge in [0.25, 0.3) is 0 Å². The summed E-state index contributed by atoms with van der Waals surface area (Å²) in [6.07, 6.45) is 4.43. The predicted molar refractivity (Wildman–Crippen MR) is 61.1 cm³/mol. The minimum atomic E-state index is -0.780. The Bertz CT molecular complexity index is 328. The van der Waals surface area contributed by atoms with Crippen LogP contribution in [-0.2, 0) is 11.3 Å². The highest BCUT2D eigenvalue weighted by molar-refractivity contribution is 5.78. The monoisotopic (exact) mass is 225 g/mol. The molecule has 0 aromatic carbocycles. The van der Waals surface area contributed by atoms with Gasteiger partial charge in [0.2, 0.25) is 0 Å². The lowest BCUT2D eigenvalue weighted by molar-refractivity contribution is -0.151. The first kappa shape index (κ1) is 12.8. The Morgan fingerprint density at radius 1 is 1.50 bits per heavy atom. The molecule has 0 aliphatic heterocycles. The number of likely N-dealkylation sites (N-methyl/N-ethyl adjacent to an activating group) is 1. The predicted octanol–water partition coefficient (Wildman–Crippen LogP) is 2.35. The second-order valence-corrected chi connectivity index (χ2v) is 4.03. The highest BCUT2D eigenvalue weighted by Gasteiger charge is 2.38. The van der Waals surface area contributed by atoms with E-state index in [-0.39, 0.29) is 0 Å². The number of rotatable bonds is 6. The van der Waals surface area contributed by atoms with Crippen LogP contribution in [0.3, 0.4) is 0 Å². The van der Waals surface area contributed by atoms with Crippen molar-refractivity contribution in [2.24, 2.45) is 0 Å². The normalized spacial score (nSPS) is 12.0. The van der Waals surface area contributed by atoms with E-state index in [1.54, 1.807) is 12.5 Å². The van der Waals surface area contributed by atoms with E-state index in [0.29, 0.717) is 19.4 Å². The van der Waals surface area contributed by atoms with Crippen LogP contribution in [0, 0.1) is 0 Å². The summed E-state index contributed by atoms with van der Waals surface area (Å²) in [5.74, 6) is -0.761. The van der Waals surface area contributed by atoms with Gasteiger partial charge in [-0.2, -0.15) is 0 Å². The van der Waals surface area contributed by atoms with Gasteiger partial charge in [-0.3, -0.25) is 9.69 Å². The van der Waals surface area contributed by atoms with Crippen molar-refractivity contribution in [2.45, 2.75) is 38.8 Å². The zero-order valence-electron chi connectivity index (χ0n) is 10.1. The van der Waals surface area contributed by atoms with Gasteiger partial charge in [-0.25, -0.2) is 0 Å². The molecule has 4 nitrogen and oxygen atoms in total. The first-order valence-corrected chi connectivity index (χ1v) is 5.52. The Morgan fingerprint density at radius 3 is 2.50 bits per heavy atom. The van der Waals surface area contributed by atoms with Gasteiger partial charge in [0, 0.05) is 12.1 Å². The van der Waals surface area contributed by atoms with Crippen molar-refractivity contribution >= 4 is 5.97 Å². The summed E-state index contributed by atoms with van der Waals surface area (Å²) >= 11 is 0. The summed E-state index contributed by atoms with van der Waals surface area (Å²) in [4.78, 5) is 13.3. The zero-order valence-corrected chi connectivity index (χ0v) is 10.1. The lowest BCUT2D eigenvalue weighted by Crippen LogP contribution is -2.51. The molecule has 4 heteroatoms. The van der Waals surface area contributed by atoms with E-state index in [1.807, 2.05) is 31.9 Å². The van der Waals surface area contributed by atoms with Crippen LogP contribution >= 0.6 is 0 Å². The number of carboxylic acids is 1. The minimum absolute atomic E-state index is 0.588. The summed E-state index contributed by atoms with van der Waals surface area (Å²) < 4.78 is 4.98. The van der Waals surface area contributed by atoms with Crippen molar-refractivity contribution in [3.63, 3.8) is 0 Å². The third kappa shape index (κ3) is 2.27. The average Bonchev–Trinajstić information content (AvgIpc) is 2.72. The lowest BCUT2D eigenvalue weighted by Gasteiger charge is -2.36. The quantitative estimate of drug-likeness (QED) is 0.807. The molecule has 0 fully saturated rings. The Morgan fingerprint density at radius 2 is 2.12 bits per heavy atom. The molecular formula is C12H19NO3. The first-order valence-electron chi connectivity index (χ1n) is 5.52. The molecule has 0 radical (unpaired) electrons. The Balaban J connectivity index is 2.83. The van der Waals surface area contributed by atoms with Gasteiger partial charge in [-0.05, 0) is 26.0 Å². The second-order valence-electron chi connectivity index (χ2n) is 4.03. The van der Waals surface area contributed by atoms with Gasteiger partial charge in [-0.15, -0.1) is 0 Å². The summed E-state index contributed by atoms with van der Waals surface area (Å²) in [5.41, 5.74) is 0.215. The largest absolute Gasteiger partial charge is 0.480 e. The van der Waals surface area contributed by atoms with Crippen LogP contribution in [0.1, 0.15) is 32.3 Å². The molecule has 0 aliphatic carbocycles. The lowest BCUT2D eigenvalue weighted by atomic mass is 9.91. The molecule has 90 valence electrons. The highest BCUT2D eigenvalue weighted by atomic mass is 16.4. The van der Waals surface area contributed by atoms with Crippen molar-refractivity contribution in [1.82, 2.24) is 4.90 Å². The van der Waals surface area contributed by atoms with Gasteiger partial charge >= 0.3 is 5.97 Å². The molecule has 0 unspecified atom stereocenters. The van der Waals surface area contributed by atoms with Crippen molar-refractivity contribution in [1.29, 1.82) is 0 Å². The molecule has 16 heavy (non-hydrogen) atoms. The van der Waals surface area contributed by atoms with E-state index >= 15 is 0 Å². The number of carbonyl (C=O) groups is 1. The molecule has 1 aromatic heterocycles. The van der Waals surface area contributed by atoms with Crippen LogP contribution in [-0.4, -0.2) is 28.6 Å². The molecule has 0 bridgehead atoms. The number of hydrogen-bond acceptors (Lipinski definition) is 3. The fourth-order valence-corrected chi connectivity index (χ4v) is 2.06. The van der Waals surface area contributed by atoms with Crippen LogP contribution in [0.2, 0.25) is 0 Å². The number of nitrogens with zero attached hydrogens (tertiary/aromatic N) is 1. The maximum absolute atomic E-state index is 11.4. The topological polar surface area (TPSA) is 53.7 Å². The van der Waals surface area contributed by atoms with E-state index in [4.69, 9.17) is 4.42 Å². The van der Waals surface area contributed by atoms with Crippen molar-refractivity contribution in [3.8, 4) is 0 Å². The van der Waals surface area contributed by atoms with E-state index < -0.39 is 11.5 Å². The molecule has 1 aromatic rings. The number of carboxylic acid groups (broad SMARTS) is 1. The van der Waals surface area contributed by atoms with Crippen molar-refractivity contribution in [3.05, 3.63) is 24.2 Å². The maximum Gasteiger partial charge on any atom is 0.324 e. The van der Waals surface area contributed by atoms with Gasteiger partial charge in [0.1, 0.15) is 5.54 Å². The summed E-state index contributed by atoms with van der Waals surface area (Å²) in [7, 11) is 1.84. The molecule has 0 atom stereocenters. The molecule has 0 spiro atoms. The summed E-state index contributed by atoms with van der Waals surface area (Å²) in [6, 6.07) is 1.86. The molecule has 0 saturated heterocycles. The third-order valence-electron chi connectivity index (χ3n) is 3.30. The first-order chi connectivity index (χ1) is 7.56. The number of furan rings is 1. The van der Waals surface area contributed by atoms with Crippen LogP contribution in [0.5, 0.6) is 0 Å².